The molecule has 2 aromatic heterocycles. The minimum Gasteiger partial charge on any atom is -0.352 e. The number of aryl methyl sites for hydroxylation is 2. The highest BCUT2D eigenvalue weighted by molar-refractivity contribution is 5.79. The highest BCUT2D eigenvalue weighted by atomic mass is 16.2. The fourth-order valence-electron chi connectivity index (χ4n) is 3.09. The van der Waals surface area contributed by atoms with Crippen molar-refractivity contribution in [2.45, 2.75) is 32.4 Å². The summed E-state index contributed by atoms with van der Waals surface area (Å²) in [6, 6.07) is 10.1. The van der Waals surface area contributed by atoms with Crippen LogP contribution in [0.15, 0.2) is 46.2 Å². The third-order valence-electron chi connectivity index (χ3n) is 4.65. The van der Waals surface area contributed by atoms with E-state index in [1.165, 1.54) is 28.1 Å². The molecule has 0 bridgehead atoms. The predicted molar refractivity (Wildman–Crippen MR) is 103 cm³/mol. The minimum atomic E-state index is -0.462. The van der Waals surface area contributed by atoms with E-state index in [0.29, 0.717) is 0 Å². The van der Waals surface area contributed by atoms with Gasteiger partial charge in [0.2, 0.25) is 5.91 Å². The highest BCUT2D eigenvalue weighted by Gasteiger charge is 2.16. The molecule has 0 fully saturated rings. The maximum absolute atomic E-state index is 12.4. The number of benzene rings is 1. The molecule has 1 amide bonds. The molecule has 3 aromatic rings. The topological polar surface area (TPSA) is 90.9 Å². The zero-order valence-corrected chi connectivity index (χ0v) is 15.7. The Morgan fingerprint density at radius 1 is 1.15 bits per heavy atom. The maximum atomic E-state index is 12.4. The fraction of sp³-hybridized carbons (Fsp3) is 0.368. The van der Waals surface area contributed by atoms with Crippen LogP contribution in [0.2, 0.25) is 0 Å². The van der Waals surface area contributed by atoms with Crippen molar-refractivity contribution in [1.29, 1.82) is 0 Å². The number of imidazole rings is 1. The van der Waals surface area contributed by atoms with Gasteiger partial charge in [0, 0.05) is 20.1 Å². The zero-order valence-electron chi connectivity index (χ0n) is 15.7. The van der Waals surface area contributed by atoms with Gasteiger partial charge in [-0.15, -0.1) is 0 Å². The number of nitrogens with one attached hydrogen (secondary N) is 1. The van der Waals surface area contributed by atoms with E-state index in [1.54, 1.807) is 7.05 Å². The number of carbonyl (C=O) groups excluding carboxylic acids is 1. The highest BCUT2D eigenvalue weighted by Crippen LogP contribution is 2.07. The summed E-state index contributed by atoms with van der Waals surface area (Å²) in [7, 11) is 2.96. The number of aromatic nitrogens is 4. The van der Waals surface area contributed by atoms with Crippen LogP contribution < -0.4 is 16.6 Å². The number of rotatable bonds is 6. The Morgan fingerprint density at radius 2 is 1.85 bits per heavy atom. The molecule has 1 aromatic carbocycles. The Kier molecular flexibility index (Phi) is 5.25. The molecular formula is C19H23N5O3. The molecule has 2 heterocycles. The molecule has 0 spiro atoms. The zero-order chi connectivity index (χ0) is 19.6. The molecule has 27 heavy (non-hydrogen) atoms. The van der Waals surface area contributed by atoms with Crippen molar-refractivity contribution in [3.8, 4) is 0 Å². The van der Waals surface area contributed by atoms with Gasteiger partial charge in [-0.3, -0.25) is 18.7 Å². The van der Waals surface area contributed by atoms with E-state index < -0.39 is 11.2 Å². The van der Waals surface area contributed by atoms with Crippen LogP contribution in [0.1, 0.15) is 18.9 Å². The lowest BCUT2D eigenvalue weighted by atomic mass is 10.1. The van der Waals surface area contributed by atoms with E-state index in [4.69, 9.17) is 0 Å². The van der Waals surface area contributed by atoms with Crippen LogP contribution in [-0.4, -0.2) is 30.6 Å². The molecule has 0 saturated carbocycles. The van der Waals surface area contributed by atoms with Crippen LogP contribution in [0.3, 0.4) is 0 Å². The van der Waals surface area contributed by atoms with Crippen molar-refractivity contribution in [2.75, 3.05) is 0 Å². The van der Waals surface area contributed by atoms with Crippen molar-refractivity contribution in [3.63, 3.8) is 0 Å². The smallest absolute Gasteiger partial charge is 0.332 e. The summed E-state index contributed by atoms with van der Waals surface area (Å²) in [5.74, 6) is -0.203. The molecule has 0 saturated heterocycles. The largest absolute Gasteiger partial charge is 0.352 e. The Bertz CT molecular complexity index is 1080. The second-order valence-corrected chi connectivity index (χ2v) is 6.74. The number of hydrogen-bond donors (Lipinski definition) is 1. The lowest BCUT2D eigenvalue weighted by molar-refractivity contribution is -0.122. The van der Waals surface area contributed by atoms with E-state index in [0.717, 1.165) is 17.4 Å². The first-order chi connectivity index (χ1) is 12.9. The summed E-state index contributed by atoms with van der Waals surface area (Å²) < 4.78 is 3.80. The van der Waals surface area contributed by atoms with Gasteiger partial charge >= 0.3 is 5.69 Å². The second kappa shape index (κ2) is 7.61. The van der Waals surface area contributed by atoms with E-state index in [1.807, 2.05) is 25.1 Å². The lowest BCUT2D eigenvalue weighted by Crippen LogP contribution is -2.39. The first-order valence-electron chi connectivity index (χ1n) is 8.82. The second-order valence-electron chi connectivity index (χ2n) is 6.74. The summed E-state index contributed by atoms with van der Waals surface area (Å²) in [5.41, 5.74) is 0.829. The molecule has 0 radical (unpaired) electrons. The van der Waals surface area contributed by atoms with Gasteiger partial charge < -0.3 is 9.88 Å². The summed E-state index contributed by atoms with van der Waals surface area (Å²) in [6.45, 7) is 1.93. The Balaban J connectivity index is 1.69. The van der Waals surface area contributed by atoms with Crippen molar-refractivity contribution in [1.82, 2.24) is 24.0 Å². The molecule has 0 aliphatic rings. The number of carbonyl (C=O) groups is 1. The van der Waals surface area contributed by atoms with E-state index in [2.05, 4.69) is 22.4 Å². The van der Waals surface area contributed by atoms with Crippen molar-refractivity contribution in [3.05, 3.63) is 63.1 Å². The molecule has 0 aliphatic carbocycles. The quantitative estimate of drug-likeness (QED) is 0.688. The van der Waals surface area contributed by atoms with Crippen LogP contribution >= 0.6 is 0 Å². The molecule has 0 aliphatic heterocycles. The third kappa shape index (κ3) is 3.84. The monoisotopic (exact) mass is 369 g/mol. The van der Waals surface area contributed by atoms with Crippen LogP contribution in [0.5, 0.6) is 0 Å². The minimum absolute atomic E-state index is 0.000296. The molecular weight excluding hydrogens is 346 g/mol. The molecule has 1 atom stereocenters. The van der Waals surface area contributed by atoms with Gasteiger partial charge in [-0.1, -0.05) is 30.3 Å². The van der Waals surface area contributed by atoms with Gasteiger partial charge in [-0.25, -0.2) is 9.78 Å². The van der Waals surface area contributed by atoms with Gasteiger partial charge in [-0.2, -0.15) is 0 Å². The van der Waals surface area contributed by atoms with Crippen LogP contribution in [-0.2, 0) is 31.9 Å². The van der Waals surface area contributed by atoms with Gasteiger partial charge in [-0.05, 0) is 25.3 Å². The van der Waals surface area contributed by atoms with E-state index in [9.17, 15) is 14.4 Å². The fourth-order valence-corrected chi connectivity index (χ4v) is 3.09. The first kappa shape index (κ1) is 18.6. The molecule has 142 valence electrons. The van der Waals surface area contributed by atoms with Gasteiger partial charge in [0.25, 0.3) is 5.56 Å². The Hall–Kier alpha value is -3.16. The average Bonchev–Trinajstić information content (AvgIpc) is 3.07. The van der Waals surface area contributed by atoms with E-state index in [-0.39, 0.29) is 29.7 Å². The third-order valence-corrected chi connectivity index (χ3v) is 4.65. The summed E-state index contributed by atoms with van der Waals surface area (Å²) in [5, 5.41) is 2.95. The standard InChI is InChI=1S/C19H23N5O3/c1-13(9-10-14-7-5-4-6-8-14)21-15(25)11-24-12-20-17-16(24)18(26)23(3)19(27)22(17)2/h4-8,12-13H,9-11H2,1-3H3,(H,21,25). The normalized spacial score (nSPS) is 12.3. The number of nitrogens with zero attached hydrogens (tertiary/aromatic N) is 4. The summed E-state index contributed by atoms with van der Waals surface area (Å²) >= 11 is 0. The van der Waals surface area contributed by atoms with Crippen LogP contribution in [0.4, 0.5) is 0 Å². The van der Waals surface area contributed by atoms with Crippen molar-refractivity contribution >= 4 is 17.1 Å². The predicted octanol–water partition coefficient (Wildman–Crippen LogP) is 0.571. The molecule has 3 rings (SSSR count). The summed E-state index contributed by atoms with van der Waals surface area (Å²) in [6.07, 6.45) is 3.11. The van der Waals surface area contributed by atoms with Gasteiger partial charge in [0.1, 0.15) is 6.54 Å². The molecule has 1 N–H and O–H groups in total. The average molecular weight is 369 g/mol. The SMILES string of the molecule is CC(CCc1ccccc1)NC(=O)Cn1cnc2c1c(=O)n(C)c(=O)n2C. The number of hydrogen-bond acceptors (Lipinski definition) is 4. The van der Waals surface area contributed by atoms with E-state index >= 15 is 0 Å². The number of amides is 1. The molecule has 1 unspecified atom stereocenters. The summed E-state index contributed by atoms with van der Waals surface area (Å²) in [4.78, 5) is 40.9. The number of fused-ring (bicyclic) bond motifs is 1. The Labute approximate surface area is 156 Å². The van der Waals surface area contributed by atoms with Crippen molar-refractivity contribution < 1.29 is 4.79 Å². The Morgan fingerprint density at radius 3 is 2.56 bits per heavy atom. The van der Waals surface area contributed by atoms with Gasteiger partial charge in [0.05, 0.1) is 6.33 Å². The van der Waals surface area contributed by atoms with Crippen LogP contribution in [0.25, 0.3) is 11.2 Å². The van der Waals surface area contributed by atoms with Crippen LogP contribution in [0, 0.1) is 0 Å². The molecule has 8 nitrogen and oxygen atoms in total. The van der Waals surface area contributed by atoms with Crippen molar-refractivity contribution in [2.24, 2.45) is 14.1 Å². The first-order valence-corrected chi connectivity index (χ1v) is 8.82. The molecule has 8 heteroatoms. The lowest BCUT2D eigenvalue weighted by Gasteiger charge is -2.14. The maximum Gasteiger partial charge on any atom is 0.332 e. The van der Waals surface area contributed by atoms with Gasteiger partial charge in [0.15, 0.2) is 11.2 Å².